The second kappa shape index (κ2) is 17.7. The highest BCUT2D eigenvalue weighted by atomic mass is 16.2. The number of likely N-dealkylation sites (tertiary alicyclic amines) is 1. The Bertz CT molecular complexity index is 1390. The van der Waals surface area contributed by atoms with Crippen LogP contribution < -0.4 is 21.3 Å². The second-order valence-corrected chi connectivity index (χ2v) is 13.7. The Kier molecular flexibility index (Phi) is 14.0. The lowest BCUT2D eigenvalue weighted by Gasteiger charge is -2.30. The maximum absolute atomic E-state index is 14.3. The predicted octanol–water partition coefficient (Wildman–Crippen LogP) is 3.23. The van der Waals surface area contributed by atoms with E-state index >= 15 is 0 Å². The van der Waals surface area contributed by atoms with E-state index in [1.165, 1.54) is 23.5 Å². The van der Waals surface area contributed by atoms with Gasteiger partial charge in [-0.1, -0.05) is 54.0 Å². The van der Waals surface area contributed by atoms with E-state index in [4.69, 9.17) is 0 Å². The van der Waals surface area contributed by atoms with Crippen LogP contribution in [0.2, 0.25) is 0 Å². The number of amides is 5. The molecule has 1 unspecified atom stereocenters. The van der Waals surface area contributed by atoms with Gasteiger partial charge in [0.25, 0.3) is 17.7 Å². The van der Waals surface area contributed by atoms with Gasteiger partial charge in [-0.05, 0) is 68.8 Å². The van der Waals surface area contributed by atoms with E-state index in [1.807, 2.05) is 27.7 Å². The van der Waals surface area contributed by atoms with Crippen molar-refractivity contribution < 1.29 is 28.8 Å². The number of hydrogen-bond acceptors (Lipinski definition) is 8. The molecule has 0 bridgehead atoms. The zero-order chi connectivity index (χ0) is 35.4. The average molecular weight is 666 g/mol. The minimum Gasteiger partial charge on any atom is -0.344 e. The molecule has 48 heavy (non-hydrogen) atoms. The third-order valence-electron chi connectivity index (χ3n) is 8.47. The van der Waals surface area contributed by atoms with Crippen LogP contribution in [0, 0.1) is 5.41 Å². The number of nitrogens with one attached hydrogen (secondary N) is 4. The first-order valence-corrected chi connectivity index (χ1v) is 17.0. The highest BCUT2D eigenvalue weighted by Gasteiger charge is 2.39. The molecule has 1 saturated heterocycles. The summed E-state index contributed by atoms with van der Waals surface area (Å²) in [5, 5.41) is 10.8. The van der Waals surface area contributed by atoms with E-state index in [9.17, 15) is 28.8 Å². The van der Waals surface area contributed by atoms with Gasteiger partial charge < -0.3 is 26.2 Å². The van der Waals surface area contributed by atoms with Gasteiger partial charge in [-0.3, -0.25) is 33.8 Å². The SMILES string of the molecule is C=C(CC)NC(=O)C(=O)C(CCC)NC(=O)[C@@H]1CCCN1C(=O)C(NC(=O)[C@H](CC(C)(C)C)NC(=O)c1cnccn1)=C1CCCCC1. The van der Waals surface area contributed by atoms with Crippen LogP contribution in [0.1, 0.15) is 116 Å². The summed E-state index contributed by atoms with van der Waals surface area (Å²) in [5.41, 5.74) is 1.03. The molecule has 1 saturated carbocycles. The number of nitrogens with zero attached hydrogens (tertiary/aromatic N) is 3. The molecule has 13 nitrogen and oxygen atoms in total. The van der Waals surface area contributed by atoms with Crippen molar-refractivity contribution in [3.05, 3.63) is 47.8 Å². The maximum atomic E-state index is 14.3. The van der Waals surface area contributed by atoms with Crippen LogP contribution in [-0.2, 0) is 24.0 Å². The second-order valence-electron chi connectivity index (χ2n) is 13.7. The van der Waals surface area contributed by atoms with Crippen molar-refractivity contribution in [1.82, 2.24) is 36.1 Å². The minimum absolute atomic E-state index is 0.0599. The zero-order valence-corrected chi connectivity index (χ0v) is 28.9. The van der Waals surface area contributed by atoms with Gasteiger partial charge in [0.15, 0.2) is 0 Å². The predicted molar refractivity (Wildman–Crippen MR) is 180 cm³/mol. The standard InChI is InChI=1S/C35H51N7O6/c1-7-13-24(29(43)33(47)38-22(3)8-2)39-32(46)27-16-12-19-42(27)34(48)28(23-14-10-9-11-15-23)41-30(44)25(20-35(4,5)6)40-31(45)26-21-36-17-18-37-26/h17-18,21,24-25,27H,3,7-16,19-20H2,1-2,4-6H3,(H,38,47)(H,39,46)(H,40,45)(H,41,44)/t24?,25-,27-/m0/s1. The number of hydrogen-bond donors (Lipinski definition) is 4. The first-order valence-electron chi connectivity index (χ1n) is 17.0. The molecule has 5 amide bonds. The molecule has 1 aliphatic heterocycles. The number of rotatable bonds is 14. The molecule has 13 heteroatoms. The summed E-state index contributed by atoms with van der Waals surface area (Å²) in [6.07, 6.45) is 10.5. The molecule has 262 valence electrons. The fraction of sp³-hybridized carbons (Fsp3) is 0.600. The van der Waals surface area contributed by atoms with Crippen LogP contribution in [0.15, 0.2) is 42.1 Å². The molecular formula is C35H51N7O6. The molecule has 0 spiro atoms. The van der Waals surface area contributed by atoms with Gasteiger partial charge in [0, 0.05) is 24.6 Å². The Morgan fingerprint density at radius 3 is 2.27 bits per heavy atom. The van der Waals surface area contributed by atoms with Gasteiger partial charge in [-0.2, -0.15) is 0 Å². The highest BCUT2D eigenvalue weighted by Crippen LogP contribution is 2.29. The van der Waals surface area contributed by atoms with Gasteiger partial charge in [0.2, 0.25) is 17.6 Å². The van der Waals surface area contributed by atoms with E-state index in [1.54, 1.807) is 6.92 Å². The summed E-state index contributed by atoms with van der Waals surface area (Å²) in [4.78, 5) is 89.7. The van der Waals surface area contributed by atoms with E-state index in [0.717, 1.165) is 24.8 Å². The van der Waals surface area contributed by atoms with E-state index in [-0.39, 0.29) is 36.2 Å². The third-order valence-corrected chi connectivity index (χ3v) is 8.47. The molecule has 4 N–H and O–H groups in total. The molecule has 2 aliphatic rings. The topological polar surface area (TPSA) is 180 Å². The van der Waals surface area contributed by atoms with Crippen molar-refractivity contribution in [2.24, 2.45) is 5.41 Å². The van der Waals surface area contributed by atoms with Gasteiger partial charge in [-0.25, -0.2) is 4.98 Å². The Labute approximate surface area is 283 Å². The van der Waals surface area contributed by atoms with Crippen LogP contribution >= 0.6 is 0 Å². The minimum atomic E-state index is -1.06. The van der Waals surface area contributed by atoms with Gasteiger partial charge in [0.1, 0.15) is 23.5 Å². The lowest BCUT2D eigenvalue weighted by Crippen LogP contribution is -2.54. The first kappa shape index (κ1) is 38.0. The smallest absolute Gasteiger partial charge is 0.293 e. The summed E-state index contributed by atoms with van der Waals surface area (Å²) in [7, 11) is 0. The summed E-state index contributed by atoms with van der Waals surface area (Å²) < 4.78 is 0. The molecule has 1 aromatic heterocycles. The Morgan fingerprint density at radius 1 is 0.958 bits per heavy atom. The quantitative estimate of drug-likeness (QED) is 0.173. The molecule has 2 heterocycles. The summed E-state index contributed by atoms with van der Waals surface area (Å²) >= 11 is 0. The summed E-state index contributed by atoms with van der Waals surface area (Å²) in [6, 6.07) is -2.94. The fourth-order valence-corrected chi connectivity index (χ4v) is 5.92. The van der Waals surface area contributed by atoms with Gasteiger partial charge in [-0.15, -0.1) is 0 Å². The lowest BCUT2D eigenvalue weighted by molar-refractivity contribution is -0.141. The first-order chi connectivity index (χ1) is 22.7. The van der Waals surface area contributed by atoms with Gasteiger partial charge >= 0.3 is 0 Å². The Balaban J connectivity index is 1.85. The summed E-state index contributed by atoms with van der Waals surface area (Å²) in [5.74, 6) is -3.74. The van der Waals surface area contributed by atoms with E-state index in [2.05, 4.69) is 37.8 Å². The maximum Gasteiger partial charge on any atom is 0.293 e. The molecule has 3 rings (SSSR count). The average Bonchev–Trinajstić information content (AvgIpc) is 3.56. The van der Waals surface area contributed by atoms with Crippen molar-refractivity contribution in [3.63, 3.8) is 0 Å². The van der Waals surface area contributed by atoms with Crippen molar-refractivity contribution in [3.8, 4) is 0 Å². The largest absolute Gasteiger partial charge is 0.344 e. The normalized spacial score (nSPS) is 17.5. The summed E-state index contributed by atoms with van der Waals surface area (Å²) in [6.45, 7) is 13.5. The highest BCUT2D eigenvalue weighted by molar-refractivity contribution is 6.38. The number of allylic oxidation sites excluding steroid dienone is 2. The Hall–Kier alpha value is -4.42. The van der Waals surface area contributed by atoms with Crippen LogP contribution in [0.4, 0.5) is 0 Å². The van der Waals surface area contributed by atoms with Crippen LogP contribution in [-0.4, -0.2) is 74.9 Å². The van der Waals surface area contributed by atoms with Crippen LogP contribution in [0.5, 0.6) is 0 Å². The van der Waals surface area contributed by atoms with Crippen LogP contribution in [0.3, 0.4) is 0 Å². The lowest BCUT2D eigenvalue weighted by atomic mass is 9.87. The van der Waals surface area contributed by atoms with Crippen molar-refractivity contribution in [2.75, 3.05) is 6.54 Å². The number of ketones is 1. The molecule has 0 radical (unpaired) electrons. The monoisotopic (exact) mass is 665 g/mol. The van der Waals surface area contributed by atoms with Crippen molar-refractivity contribution in [2.45, 2.75) is 123 Å². The number of carbonyl (C=O) groups is 6. The van der Waals surface area contributed by atoms with Crippen molar-refractivity contribution in [1.29, 1.82) is 0 Å². The molecule has 3 atom stereocenters. The van der Waals surface area contributed by atoms with E-state index in [0.29, 0.717) is 44.2 Å². The fourth-order valence-electron chi connectivity index (χ4n) is 5.92. The molecular weight excluding hydrogens is 614 g/mol. The van der Waals surface area contributed by atoms with E-state index < -0.39 is 53.4 Å². The van der Waals surface area contributed by atoms with Crippen LogP contribution in [0.25, 0.3) is 0 Å². The number of Topliss-reactive ketones (excluding diaryl/α,β-unsaturated/α-hetero) is 1. The van der Waals surface area contributed by atoms with Crippen molar-refractivity contribution >= 4 is 35.3 Å². The molecule has 1 aromatic rings. The number of carbonyl (C=O) groups excluding carboxylic acids is 6. The molecule has 0 aromatic carbocycles. The molecule has 2 fully saturated rings. The van der Waals surface area contributed by atoms with Gasteiger partial charge in [0.05, 0.1) is 12.2 Å². The zero-order valence-electron chi connectivity index (χ0n) is 28.9. The number of aromatic nitrogens is 2. The third kappa shape index (κ3) is 10.8. The molecule has 1 aliphatic carbocycles. The Morgan fingerprint density at radius 2 is 1.67 bits per heavy atom.